The number of amides is 1. The van der Waals surface area contributed by atoms with Gasteiger partial charge in [-0.25, -0.2) is 0 Å². The number of aryl methyl sites for hydroxylation is 1. The molecule has 4 rings (SSSR count). The Balaban J connectivity index is 1.71. The number of fused-ring (bicyclic) bond motifs is 1. The fraction of sp³-hybridized carbons (Fsp3) is 0.0500. The van der Waals surface area contributed by atoms with Gasteiger partial charge in [0.2, 0.25) is 5.88 Å². The third kappa shape index (κ3) is 2.62. The molecule has 6 heteroatoms. The lowest BCUT2D eigenvalue weighted by molar-refractivity contribution is 0.102. The standard InChI is InChI=1S/C20H14N4O2/c1-13-18(16(11-21)20(26-13)24-8-4-5-9-24)19(25)23-15-10-14-6-2-3-7-17(14)22-12-15/h2-10,12H,1H3,(H,23,25). The van der Waals surface area contributed by atoms with Crippen LogP contribution in [0.2, 0.25) is 0 Å². The Kier molecular flexibility index (Phi) is 3.75. The molecule has 26 heavy (non-hydrogen) atoms. The summed E-state index contributed by atoms with van der Waals surface area (Å²) in [5.74, 6) is 0.312. The van der Waals surface area contributed by atoms with Crippen molar-refractivity contribution in [2.45, 2.75) is 6.92 Å². The van der Waals surface area contributed by atoms with Crippen LogP contribution >= 0.6 is 0 Å². The van der Waals surface area contributed by atoms with E-state index >= 15 is 0 Å². The smallest absolute Gasteiger partial charge is 0.260 e. The second-order valence-electron chi connectivity index (χ2n) is 5.79. The van der Waals surface area contributed by atoms with Crippen molar-refractivity contribution < 1.29 is 9.21 Å². The van der Waals surface area contributed by atoms with Crippen LogP contribution in [0.25, 0.3) is 16.8 Å². The van der Waals surface area contributed by atoms with Crippen molar-refractivity contribution in [2.24, 2.45) is 0 Å². The van der Waals surface area contributed by atoms with E-state index in [0.29, 0.717) is 17.3 Å². The average Bonchev–Trinajstić information content (AvgIpc) is 3.28. The van der Waals surface area contributed by atoms with Crippen molar-refractivity contribution in [3.05, 3.63) is 77.9 Å². The Hall–Kier alpha value is -3.85. The van der Waals surface area contributed by atoms with Gasteiger partial charge in [-0.3, -0.25) is 14.3 Å². The molecule has 4 aromatic rings. The van der Waals surface area contributed by atoms with E-state index in [1.165, 1.54) is 0 Å². The summed E-state index contributed by atoms with van der Waals surface area (Å²) in [7, 11) is 0. The van der Waals surface area contributed by atoms with Gasteiger partial charge in [0.25, 0.3) is 5.91 Å². The number of pyridine rings is 1. The first-order valence-electron chi connectivity index (χ1n) is 8.00. The minimum absolute atomic E-state index is 0.199. The number of anilines is 1. The highest BCUT2D eigenvalue weighted by Gasteiger charge is 2.24. The van der Waals surface area contributed by atoms with Gasteiger partial charge in [0.15, 0.2) is 0 Å². The molecule has 0 unspecified atom stereocenters. The van der Waals surface area contributed by atoms with E-state index in [0.717, 1.165) is 10.9 Å². The molecule has 0 aliphatic carbocycles. The second kappa shape index (κ2) is 6.22. The van der Waals surface area contributed by atoms with E-state index in [1.807, 2.05) is 42.5 Å². The Morgan fingerprint density at radius 3 is 2.77 bits per heavy atom. The topological polar surface area (TPSA) is 83.8 Å². The Morgan fingerprint density at radius 2 is 2.00 bits per heavy atom. The number of furan rings is 1. The summed E-state index contributed by atoms with van der Waals surface area (Å²) in [6.45, 7) is 1.67. The van der Waals surface area contributed by atoms with Gasteiger partial charge in [-0.05, 0) is 31.2 Å². The second-order valence-corrected chi connectivity index (χ2v) is 5.79. The Morgan fingerprint density at radius 1 is 1.23 bits per heavy atom. The van der Waals surface area contributed by atoms with E-state index in [4.69, 9.17) is 4.42 Å². The molecule has 0 saturated carbocycles. The van der Waals surface area contributed by atoms with Gasteiger partial charge < -0.3 is 9.73 Å². The molecule has 0 aliphatic rings. The summed E-state index contributed by atoms with van der Waals surface area (Å²) in [5.41, 5.74) is 1.83. The minimum atomic E-state index is -0.404. The average molecular weight is 342 g/mol. The van der Waals surface area contributed by atoms with Crippen LogP contribution < -0.4 is 5.32 Å². The van der Waals surface area contributed by atoms with Crippen LogP contribution in [0.5, 0.6) is 0 Å². The first-order valence-corrected chi connectivity index (χ1v) is 8.00. The van der Waals surface area contributed by atoms with Crippen molar-refractivity contribution in [1.29, 1.82) is 5.26 Å². The fourth-order valence-electron chi connectivity index (χ4n) is 2.89. The SMILES string of the molecule is Cc1oc(-n2cccc2)c(C#N)c1C(=O)Nc1cnc2ccccc2c1. The maximum absolute atomic E-state index is 12.8. The number of carbonyl (C=O) groups is 1. The number of rotatable bonds is 3. The molecule has 0 saturated heterocycles. The molecule has 0 spiro atoms. The molecular weight excluding hydrogens is 328 g/mol. The molecular formula is C20H14N4O2. The predicted octanol–water partition coefficient (Wildman–Crippen LogP) is 4.05. The van der Waals surface area contributed by atoms with E-state index in [9.17, 15) is 10.1 Å². The number of nitriles is 1. The zero-order valence-electron chi connectivity index (χ0n) is 13.9. The van der Waals surface area contributed by atoms with Crippen LogP contribution in [0.4, 0.5) is 5.69 Å². The Bertz CT molecular complexity index is 1150. The zero-order chi connectivity index (χ0) is 18.1. The monoisotopic (exact) mass is 342 g/mol. The quantitative estimate of drug-likeness (QED) is 0.609. The van der Waals surface area contributed by atoms with Crippen molar-refractivity contribution in [2.75, 3.05) is 5.32 Å². The maximum Gasteiger partial charge on any atom is 0.260 e. The van der Waals surface area contributed by atoms with Gasteiger partial charge in [-0.2, -0.15) is 5.26 Å². The zero-order valence-corrected chi connectivity index (χ0v) is 13.9. The maximum atomic E-state index is 12.8. The van der Waals surface area contributed by atoms with E-state index in [2.05, 4.69) is 16.4 Å². The van der Waals surface area contributed by atoms with Crippen LogP contribution in [-0.2, 0) is 0 Å². The number of nitrogens with zero attached hydrogens (tertiary/aromatic N) is 3. The van der Waals surface area contributed by atoms with Crippen molar-refractivity contribution in [3.8, 4) is 12.0 Å². The van der Waals surface area contributed by atoms with E-state index in [-0.39, 0.29) is 11.1 Å². The number of hydrogen-bond acceptors (Lipinski definition) is 4. The third-order valence-corrected chi connectivity index (χ3v) is 4.09. The van der Waals surface area contributed by atoms with Crippen LogP contribution in [0.3, 0.4) is 0 Å². The number of carbonyl (C=O) groups excluding carboxylic acids is 1. The fourth-order valence-corrected chi connectivity index (χ4v) is 2.89. The van der Waals surface area contributed by atoms with Crippen LogP contribution in [-0.4, -0.2) is 15.5 Å². The van der Waals surface area contributed by atoms with Gasteiger partial charge >= 0.3 is 0 Å². The summed E-state index contributed by atoms with van der Waals surface area (Å²) < 4.78 is 7.34. The van der Waals surface area contributed by atoms with E-state index < -0.39 is 5.91 Å². The number of hydrogen-bond donors (Lipinski definition) is 1. The number of nitrogens with one attached hydrogen (secondary N) is 1. The lowest BCUT2D eigenvalue weighted by Gasteiger charge is -2.06. The summed E-state index contributed by atoms with van der Waals surface area (Å²) in [4.78, 5) is 17.1. The number of para-hydroxylation sites is 1. The molecule has 3 heterocycles. The molecule has 0 bridgehead atoms. The minimum Gasteiger partial charge on any atom is -0.443 e. The summed E-state index contributed by atoms with van der Waals surface area (Å²) >= 11 is 0. The van der Waals surface area contributed by atoms with Crippen LogP contribution in [0.1, 0.15) is 21.7 Å². The highest BCUT2D eigenvalue weighted by atomic mass is 16.4. The molecule has 6 nitrogen and oxygen atoms in total. The molecule has 126 valence electrons. The first-order chi connectivity index (χ1) is 12.7. The molecule has 3 aromatic heterocycles. The van der Waals surface area contributed by atoms with Gasteiger partial charge in [-0.15, -0.1) is 0 Å². The molecule has 1 N–H and O–H groups in total. The van der Waals surface area contributed by atoms with Gasteiger partial charge in [-0.1, -0.05) is 18.2 Å². The van der Waals surface area contributed by atoms with Crippen molar-refractivity contribution >= 4 is 22.5 Å². The summed E-state index contributed by atoms with van der Waals surface area (Å²) in [6.07, 6.45) is 5.11. The lowest BCUT2D eigenvalue weighted by atomic mass is 10.1. The Labute approximate surface area is 149 Å². The van der Waals surface area contributed by atoms with Gasteiger partial charge in [0.1, 0.15) is 23.0 Å². The van der Waals surface area contributed by atoms with Crippen molar-refractivity contribution in [3.63, 3.8) is 0 Å². The van der Waals surface area contributed by atoms with Gasteiger partial charge in [0, 0.05) is 17.8 Å². The highest BCUT2D eigenvalue weighted by molar-refractivity contribution is 6.07. The predicted molar refractivity (Wildman–Crippen MR) is 97.2 cm³/mol. The highest BCUT2D eigenvalue weighted by Crippen LogP contribution is 2.26. The van der Waals surface area contributed by atoms with Crippen molar-refractivity contribution in [1.82, 2.24) is 9.55 Å². The molecule has 0 fully saturated rings. The molecule has 0 radical (unpaired) electrons. The van der Waals surface area contributed by atoms with E-state index in [1.54, 1.807) is 30.1 Å². The molecule has 1 aromatic carbocycles. The molecule has 0 aliphatic heterocycles. The lowest BCUT2D eigenvalue weighted by Crippen LogP contribution is -2.14. The normalized spacial score (nSPS) is 10.6. The van der Waals surface area contributed by atoms with Crippen LogP contribution in [0, 0.1) is 18.3 Å². The molecule has 0 atom stereocenters. The summed E-state index contributed by atoms with van der Waals surface area (Å²) in [5, 5.41) is 13.3. The number of benzene rings is 1. The first kappa shape index (κ1) is 15.7. The molecule has 1 amide bonds. The largest absolute Gasteiger partial charge is 0.443 e. The third-order valence-electron chi connectivity index (χ3n) is 4.09. The summed E-state index contributed by atoms with van der Waals surface area (Å²) in [6, 6.07) is 15.2. The number of aromatic nitrogens is 2. The van der Waals surface area contributed by atoms with Gasteiger partial charge in [0.05, 0.1) is 17.4 Å². The van der Waals surface area contributed by atoms with Crippen LogP contribution in [0.15, 0.2) is 65.5 Å².